The van der Waals surface area contributed by atoms with Crippen LogP contribution in [0.25, 0.3) is 10.9 Å². The van der Waals surface area contributed by atoms with Gasteiger partial charge in [-0.2, -0.15) is 0 Å². The topological polar surface area (TPSA) is 74.4 Å². The minimum Gasteiger partial charge on any atom is -0.488 e. The van der Waals surface area contributed by atoms with Gasteiger partial charge >= 0.3 is 0 Å². The van der Waals surface area contributed by atoms with Crippen molar-refractivity contribution in [3.8, 4) is 5.75 Å². The molecule has 2 atom stereocenters. The number of fused-ring (bicyclic) bond motifs is 1. The largest absolute Gasteiger partial charge is 0.488 e. The summed E-state index contributed by atoms with van der Waals surface area (Å²) in [6.07, 6.45) is 0.226. The van der Waals surface area contributed by atoms with E-state index in [1.54, 1.807) is 11.9 Å². The van der Waals surface area contributed by atoms with Crippen LogP contribution in [0.4, 0.5) is 0 Å². The zero-order valence-electron chi connectivity index (χ0n) is 15.0. The number of carbonyl (C=O) groups excluding carboxylic acids is 2. The van der Waals surface area contributed by atoms with Crippen molar-refractivity contribution in [3.05, 3.63) is 66.4 Å². The Morgan fingerprint density at radius 2 is 1.85 bits per heavy atom. The van der Waals surface area contributed by atoms with E-state index in [2.05, 4.69) is 10.3 Å². The van der Waals surface area contributed by atoms with Crippen molar-refractivity contribution in [2.24, 2.45) is 0 Å². The monoisotopic (exact) mass is 363 g/mol. The van der Waals surface area contributed by atoms with Crippen molar-refractivity contribution in [2.75, 3.05) is 13.6 Å². The summed E-state index contributed by atoms with van der Waals surface area (Å²) in [5.74, 6) is 0.357. The molecule has 4 rings (SSSR count). The van der Waals surface area contributed by atoms with Crippen LogP contribution in [0, 0.1) is 0 Å². The first-order chi connectivity index (χ1) is 13.2. The highest BCUT2D eigenvalue weighted by molar-refractivity contribution is 6.00. The minimum atomic E-state index is -0.553. The van der Waals surface area contributed by atoms with E-state index >= 15 is 0 Å². The maximum atomic E-state index is 13.1. The van der Waals surface area contributed by atoms with Crippen molar-refractivity contribution in [1.29, 1.82) is 0 Å². The van der Waals surface area contributed by atoms with Crippen LogP contribution < -0.4 is 10.1 Å². The summed E-state index contributed by atoms with van der Waals surface area (Å²) >= 11 is 0. The third kappa shape index (κ3) is 3.38. The lowest BCUT2D eigenvalue weighted by atomic mass is 10.2. The van der Waals surface area contributed by atoms with Gasteiger partial charge in [0.1, 0.15) is 23.6 Å². The number of para-hydroxylation sites is 2. The molecule has 6 nitrogen and oxygen atoms in total. The molecule has 0 aliphatic carbocycles. The molecule has 2 N–H and O–H groups in total. The van der Waals surface area contributed by atoms with Crippen LogP contribution in [0.2, 0.25) is 0 Å². The highest BCUT2D eigenvalue weighted by Crippen LogP contribution is 2.26. The number of H-pyrrole nitrogens is 1. The van der Waals surface area contributed by atoms with Gasteiger partial charge in [0.25, 0.3) is 5.91 Å². The fourth-order valence-corrected chi connectivity index (χ4v) is 3.56. The Morgan fingerprint density at radius 1 is 1.11 bits per heavy atom. The van der Waals surface area contributed by atoms with Gasteiger partial charge in [0.2, 0.25) is 5.91 Å². The maximum Gasteiger partial charge on any atom is 0.271 e. The summed E-state index contributed by atoms with van der Waals surface area (Å²) in [4.78, 5) is 30.2. The number of benzene rings is 2. The van der Waals surface area contributed by atoms with Crippen LogP contribution in [0.3, 0.4) is 0 Å². The van der Waals surface area contributed by atoms with Crippen LogP contribution in [-0.2, 0) is 4.79 Å². The number of hydrogen-bond acceptors (Lipinski definition) is 3. The molecule has 1 aliphatic heterocycles. The molecule has 1 aliphatic rings. The molecular weight excluding hydrogens is 342 g/mol. The zero-order chi connectivity index (χ0) is 18.8. The van der Waals surface area contributed by atoms with E-state index in [9.17, 15) is 9.59 Å². The highest BCUT2D eigenvalue weighted by atomic mass is 16.5. The molecule has 2 aromatic carbocycles. The Kier molecular flexibility index (Phi) is 4.54. The lowest BCUT2D eigenvalue weighted by Gasteiger charge is -2.22. The van der Waals surface area contributed by atoms with Gasteiger partial charge in [-0.25, -0.2) is 0 Å². The number of rotatable bonds is 4. The second-order valence-corrected chi connectivity index (χ2v) is 6.65. The maximum absolute atomic E-state index is 13.1. The van der Waals surface area contributed by atoms with Gasteiger partial charge in [-0.3, -0.25) is 9.59 Å². The van der Waals surface area contributed by atoms with Crippen LogP contribution in [0.1, 0.15) is 16.9 Å². The van der Waals surface area contributed by atoms with Crippen LogP contribution >= 0.6 is 0 Å². The van der Waals surface area contributed by atoms with Gasteiger partial charge in [-0.1, -0.05) is 36.4 Å². The molecule has 138 valence electrons. The smallest absolute Gasteiger partial charge is 0.271 e. The van der Waals surface area contributed by atoms with E-state index in [1.807, 2.05) is 60.7 Å². The summed E-state index contributed by atoms with van der Waals surface area (Å²) in [6, 6.07) is 18.4. The quantitative estimate of drug-likeness (QED) is 0.748. The Hall–Kier alpha value is -3.28. The average Bonchev–Trinajstić information content (AvgIpc) is 3.32. The Bertz CT molecular complexity index is 934. The second kappa shape index (κ2) is 7.15. The number of likely N-dealkylation sites (N-methyl/N-ethyl adjacent to an activating group) is 1. The lowest BCUT2D eigenvalue weighted by Crippen LogP contribution is -2.45. The molecule has 1 fully saturated rings. The standard InChI is InChI=1S/C21H21N3O3/c1-22-20(25)19-12-16(27-15-8-3-2-4-9-15)13-24(19)21(26)18-11-14-7-5-6-10-17(14)23-18/h2-11,16,19,23H,12-13H2,1H3,(H,22,25)/t16-,19-/m0/s1. The molecule has 27 heavy (non-hydrogen) atoms. The first-order valence-corrected chi connectivity index (χ1v) is 8.97. The lowest BCUT2D eigenvalue weighted by molar-refractivity contribution is -0.124. The third-order valence-electron chi connectivity index (χ3n) is 4.88. The Labute approximate surface area is 157 Å². The number of carbonyl (C=O) groups is 2. The fourth-order valence-electron chi connectivity index (χ4n) is 3.56. The fraction of sp³-hybridized carbons (Fsp3) is 0.238. The first kappa shape index (κ1) is 17.1. The summed E-state index contributed by atoms with van der Waals surface area (Å²) in [5.41, 5.74) is 1.37. The number of likely N-dealkylation sites (tertiary alicyclic amines) is 1. The van der Waals surface area contributed by atoms with Crippen molar-refractivity contribution < 1.29 is 14.3 Å². The number of aromatic amines is 1. The van der Waals surface area contributed by atoms with Gasteiger partial charge in [0.15, 0.2) is 0 Å². The predicted molar refractivity (Wildman–Crippen MR) is 103 cm³/mol. The SMILES string of the molecule is CNC(=O)[C@@H]1C[C@H](Oc2ccccc2)CN1C(=O)c1cc2ccccc2[nH]1. The normalized spacial score (nSPS) is 19.2. The molecule has 0 saturated carbocycles. The number of nitrogens with zero attached hydrogens (tertiary/aromatic N) is 1. The predicted octanol–water partition coefficient (Wildman–Crippen LogP) is 2.58. The molecule has 0 radical (unpaired) electrons. The van der Waals surface area contributed by atoms with E-state index in [0.29, 0.717) is 18.7 Å². The summed E-state index contributed by atoms with van der Waals surface area (Å²) in [7, 11) is 1.58. The minimum absolute atomic E-state index is 0.182. The van der Waals surface area contributed by atoms with E-state index in [0.717, 1.165) is 16.7 Å². The number of hydrogen-bond donors (Lipinski definition) is 2. The summed E-state index contributed by atoms with van der Waals surface area (Å²) < 4.78 is 5.99. The highest BCUT2D eigenvalue weighted by Gasteiger charge is 2.41. The third-order valence-corrected chi connectivity index (χ3v) is 4.88. The molecule has 1 aromatic heterocycles. The van der Waals surface area contributed by atoms with Crippen molar-refractivity contribution >= 4 is 22.7 Å². The van der Waals surface area contributed by atoms with E-state index in [1.165, 1.54) is 0 Å². The number of amides is 2. The summed E-state index contributed by atoms with van der Waals surface area (Å²) in [6.45, 7) is 0.362. The number of aromatic nitrogens is 1. The van der Waals surface area contributed by atoms with Gasteiger partial charge in [0.05, 0.1) is 6.54 Å². The van der Waals surface area contributed by atoms with E-state index < -0.39 is 6.04 Å². The molecule has 2 heterocycles. The molecule has 3 aromatic rings. The first-order valence-electron chi connectivity index (χ1n) is 8.97. The second-order valence-electron chi connectivity index (χ2n) is 6.65. The van der Waals surface area contributed by atoms with Crippen molar-refractivity contribution in [1.82, 2.24) is 15.2 Å². The molecule has 0 spiro atoms. The molecule has 2 amide bonds. The zero-order valence-corrected chi connectivity index (χ0v) is 15.0. The van der Waals surface area contributed by atoms with Crippen molar-refractivity contribution in [3.63, 3.8) is 0 Å². The molecular formula is C21H21N3O3. The van der Waals surface area contributed by atoms with Gasteiger partial charge in [-0.05, 0) is 24.3 Å². The molecule has 0 bridgehead atoms. The molecule has 0 unspecified atom stereocenters. The Balaban J connectivity index is 1.58. The van der Waals surface area contributed by atoms with Crippen LogP contribution in [0.15, 0.2) is 60.7 Å². The van der Waals surface area contributed by atoms with Crippen molar-refractivity contribution in [2.45, 2.75) is 18.6 Å². The van der Waals surface area contributed by atoms with Crippen LogP contribution in [-0.4, -0.2) is 47.4 Å². The average molecular weight is 363 g/mol. The van der Waals surface area contributed by atoms with Gasteiger partial charge in [0, 0.05) is 24.4 Å². The molecule has 1 saturated heterocycles. The number of nitrogens with one attached hydrogen (secondary N) is 2. The Morgan fingerprint density at radius 3 is 2.59 bits per heavy atom. The van der Waals surface area contributed by atoms with Gasteiger partial charge in [-0.15, -0.1) is 0 Å². The van der Waals surface area contributed by atoms with E-state index in [4.69, 9.17) is 4.74 Å². The van der Waals surface area contributed by atoms with E-state index in [-0.39, 0.29) is 17.9 Å². The summed E-state index contributed by atoms with van der Waals surface area (Å²) in [5, 5.41) is 3.62. The molecule has 6 heteroatoms. The van der Waals surface area contributed by atoms with Gasteiger partial charge < -0.3 is 19.9 Å². The van der Waals surface area contributed by atoms with Crippen LogP contribution in [0.5, 0.6) is 5.75 Å². The number of ether oxygens (including phenoxy) is 1.